The minimum atomic E-state index is -1.91. The molecule has 2 aromatic rings. The summed E-state index contributed by atoms with van der Waals surface area (Å²) < 4.78 is -1.56. The van der Waals surface area contributed by atoms with Crippen molar-refractivity contribution in [2.45, 2.75) is 14.5 Å². The highest BCUT2D eigenvalue weighted by Crippen LogP contribution is 2.41. The number of rotatable bonds is 3. The summed E-state index contributed by atoms with van der Waals surface area (Å²) in [5.41, 5.74) is 1.36. The maximum atomic E-state index is 6.12. The van der Waals surface area contributed by atoms with E-state index in [0.29, 0.717) is 16.6 Å². The van der Waals surface area contributed by atoms with Crippen LogP contribution in [0.5, 0.6) is 0 Å². The molecule has 0 amide bonds. The summed E-state index contributed by atoms with van der Waals surface area (Å²) in [5, 5.41) is 0. The zero-order valence-corrected chi connectivity index (χ0v) is 19.1. The Kier molecular flexibility index (Phi) is 7.23. The van der Waals surface area contributed by atoms with Gasteiger partial charge in [-0.1, -0.05) is 69.6 Å². The van der Waals surface area contributed by atoms with Crippen molar-refractivity contribution >= 4 is 103 Å². The van der Waals surface area contributed by atoms with Crippen LogP contribution in [-0.4, -0.2) is 21.5 Å². The fourth-order valence-corrected chi connectivity index (χ4v) is 3.12. The Hall–Kier alpha value is 0.540. The molecule has 1 aromatic carbocycles. The van der Waals surface area contributed by atoms with Gasteiger partial charge in [0, 0.05) is 28.4 Å². The zero-order valence-electron chi connectivity index (χ0n) is 12.3. The van der Waals surface area contributed by atoms with Gasteiger partial charge in [0.15, 0.2) is 17.5 Å². The molecule has 0 bridgehead atoms. The van der Waals surface area contributed by atoms with Crippen LogP contribution in [-0.2, 0) is 7.59 Å². The van der Waals surface area contributed by atoms with Gasteiger partial charge in [-0.3, -0.25) is 4.42 Å². The van der Waals surface area contributed by atoms with E-state index in [4.69, 9.17) is 81.4 Å². The van der Waals surface area contributed by atoms with Gasteiger partial charge in [0.1, 0.15) is 0 Å². The molecule has 136 valence electrons. The summed E-state index contributed by atoms with van der Waals surface area (Å²) in [7, 11) is 0. The van der Waals surface area contributed by atoms with Gasteiger partial charge < -0.3 is 0 Å². The van der Waals surface area contributed by atoms with Crippen molar-refractivity contribution in [3.05, 3.63) is 34.3 Å². The highest BCUT2D eigenvalue weighted by Gasteiger charge is 2.34. The van der Waals surface area contributed by atoms with Crippen molar-refractivity contribution in [1.29, 1.82) is 0 Å². The Balaban J connectivity index is 2.60. The van der Waals surface area contributed by atoms with E-state index in [1.807, 2.05) is 6.92 Å². The lowest BCUT2D eigenvalue weighted by molar-refractivity contribution is 0.851. The lowest BCUT2D eigenvalue weighted by Crippen LogP contribution is -2.16. The number of halogens is 8. The van der Waals surface area contributed by atoms with Crippen LogP contribution in [0.25, 0.3) is 11.4 Å². The van der Waals surface area contributed by atoms with Crippen LogP contribution in [0.3, 0.4) is 0 Å². The average molecular weight is 548 g/mol. The lowest BCUT2D eigenvalue weighted by Gasteiger charge is -2.17. The normalized spacial score (nSPS) is 12.4. The van der Waals surface area contributed by atoms with Crippen molar-refractivity contribution in [3.63, 3.8) is 0 Å². The van der Waals surface area contributed by atoms with Gasteiger partial charge in [0.2, 0.25) is 7.59 Å². The summed E-state index contributed by atoms with van der Waals surface area (Å²) in [6, 6.07) is 5.27. The Morgan fingerprint density at radius 3 is 1.88 bits per heavy atom. The summed E-state index contributed by atoms with van der Waals surface area (Å²) in [6.07, 6.45) is 0. The molecule has 0 aliphatic rings. The fraction of sp³-hybridized carbons (Fsp3) is 0.308. The smallest absolute Gasteiger partial charge is 0.250 e. The molecule has 2 rings (SSSR count). The van der Waals surface area contributed by atoms with Crippen LogP contribution in [0.1, 0.15) is 18.6 Å². The Morgan fingerprint density at radius 1 is 0.960 bits per heavy atom. The number of anilines is 1. The predicted molar refractivity (Wildman–Crippen MR) is 110 cm³/mol. The SMILES string of the molecule is CCN(Cl)c1ccc(-c2nc(C(Cl)(Cl)Cl)nc(C(Cl)(Cl)Cl)n2)cc1Br. The second-order valence-electron chi connectivity index (χ2n) is 4.65. The molecule has 12 heteroatoms. The minimum absolute atomic E-state index is 0.156. The maximum absolute atomic E-state index is 6.12. The first-order valence-electron chi connectivity index (χ1n) is 6.57. The molecule has 0 fully saturated rings. The molecule has 0 aliphatic carbocycles. The van der Waals surface area contributed by atoms with E-state index >= 15 is 0 Å². The summed E-state index contributed by atoms with van der Waals surface area (Å²) in [5.74, 6) is -0.129. The molecule has 0 radical (unpaired) electrons. The third-order valence-corrected chi connectivity index (χ3v) is 4.96. The number of hydrogen-bond donors (Lipinski definition) is 0. The van der Waals surface area contributed by atoms with E-state index in [1.54, 1.807) is 22.6 Å². The van der Waals surface area contributed by atoms with Crippen LogP contribution >= 0.6 is 97.3 Å². The summed E-state index contributed by atoms with van der Waals surface area (Å²) >= 11 is 44.8. The minimum Gasteiger partial charge on any atom is -0.284 e. The standard InChI is InChI=1S/C13H8BrCl7N4/c1-2-25(21)8-4-3-6(5-7(8)14)9-22-10(12(15,16)17)24-11(23-9)13(18,19)20/h3-5H,2H2,1H3. The molecule has 25 heavy (non-hydrogen) atoms. The van der Waals surface area contributed by atoms with Crippen molar-refractivity contribution in [2.75, 3.05) is 11.0 Å². The number of aromatic nitrogens is 3. The average Bonchev–Trinajstić information content (AvgIpc) is 2.52. The number of hydrogen-bond acceptors (Lipinski definition) is 4. The van der Waals surface area contributed by atoms with Gasteiger partial charge in [0.05, 0.1) is 5.69 Å². The zero-order chi connectivity index (χ0) is 19.0. The van der Waals surface area contributed by atoms with Crippen LogP contribution in [0.15, 0.2) is 22.7 Å². The third kappa shape index (κ3) is 5.52. The molecular weight excluding hydrogens is 540 g/mol. The topological polar surface area (TPSA) is 41.9 Å². The molecule has 0 spiro atoms. The molecule has 4 nitrogen and oxygen atoms in total. The summed E-state index contributed by atoms with van der Waals surface area (Å²) in [4.78, 5) is 12.3. The van der Waals surface area contributed by atoms with Gasteiger partial charge in [-0.25, -0.2) is 15.0 Å². The fourth-order valence-electron chi connectivity index (χ4n) is 1.77. The Morgan fingerprint density at radius 2 is 1.48 bits per heavy atom. The van der Waals surface area contributed by atoms with E-state index in [9.17, 15) is 0 Å². The lowest BCUT2D eigenvalue weighted by atomic mass is 10.2. The number of nitrogens with zero attached hydrogens (tertiary/aromatic N) is 4. The quantitative estimate of drug-likeness (QED) is 0.308. The second-order valence-corrected chi connectivity index (χ2v) is 10.5. The molecule has 0 aliphatic heterocycles. The molecule has 1 heterocycles. The van der Waals surface area contributed by atoms with Crippen LogP contribution in [0, 0.1) is 0 Å². The highest BCUT2D eigenvalue weighted by atomic mass is 79.9. The van der Waals surface area contributed by atoms with Crippen LogP contribution in [0.4, 0.5) is 5.69 Å². The molecule has 0 unspecified atom stereocenters. The van der Waals surface area contributed by atoms with Gasteiger partial charge in [0.25, 0.3) is 0 Å². The molecule has 0 N–H and O–H groups in total. The largest absolute Gasteiger partial charge is 0.284 e. The Bertz CT molecular complexity index is 744. The van der Waals surface area contributed by atoms with Crippen molar-refractivity contribution in [3.8, 4) is 11.4 Å². The number of benzene rings is 1. The van der Waals surface area contributed by atoms with Gasteiger partial charge in [-0.05, 0) is 41.1 Å². The van der Waals surface area contributed by atoms with Crippen molar-refractivity contribution in [2.24, 2.45) is 0 Å². The predicted octanol–water partition coefficient (Wildman–Crippen LogP) is 6.93. The monoisotopic (exact) mass is 544 g/mol. The van der Waals surface area contributed by atoms with E-state index in [-0.39, 0.29) is 17.5 Å². The first-order chi connectivity index (χ1) is 11.4. The maximum Gasteiger partial charge on any atom is 0.250 e. The van der Waals surface area contributed by atoms with Crippen molar-refractivity contribution < 1.29 is 0 Å². The van der Waals surface area contributed by atoms with E-state index in [0.717, 1.165) is 5.69 Å². The van der Waals surface area contributed by atoms with Crippen LogP contribution in [0.2, 0.25) is 0 Å². The highest BCUT2D eigenvalue weighted by molar-refractivity contribution is 9.10. The van der Waals surface area contributed by atoms with E-state index in [1.165, 1.54) is 0 Å². The van der Waals surface area contributed by atoms with Gasteiger partial charge in [-0.15, -0.1) is 0 Å². The van der Waals surface area contributed by atoms with E-state index in [2.05, 4.69) is 30.9 Å². The molecule has 0 saturated carbocycles. The first-order valence-corrected chi connectivity index (χ1v) is 9.97. The first kappa shape index (κ1) is 21.8. The molecule has 0 saturated heterocycles. The van der Waals surface area contributed by atoms with Crippen LogP contribution < -0.4 is 4.42 Å². The third-order valence-electron chi connectivity index (χ3n) is 2.89. The van der Waals surface area contributed by atoms with Gasteiger partial charge >= 0.3 is 0 Å². The number of alkyl halides is 6. The Labute approximate surface area is 187 Å². The second kappa shape index (κ2) is 8.27. The van der Waals surface area contributed by atoms with E-state index < -0.39 is 7.59 Å². The molecule has 0 atom stereocenters. The molecule has 1 aromatic heterocycles. The molecular formula is C13H8BrCl7N4. The van der Waals surface area contributed by atoms with Gasteiger partial charge in [-0.2, -0.15) is 0 Å². The summed E-state index contributed by atoms with van der Waals surface area (Å²) in [6.45, 7) is 2.53. The van der Waals surface area contributed by atoms with Crippen molar-refractivity contribution in [1.82, 2.24) is 15.0 Å².